The second-order valence-corrected chi connectivity index (χ2v) is 2.59. The third kappa shape index (κ3) is 2.33. The summed E-state index contributed by atoms with van der Waals surface area (Å²) in [5, 5.41) is 8.58. The van der Waals surface area contributed by atoms with Gasteiger partial charge in [0.05, 0.1) is 0 Å². The molecule has 0 atom stereocenters. The lowest BCUT2D eigenvalue weighted by Gasteiger charge is -1.94. The summed E-state index contributed by atoms with van der Waals surface area (Å²) in [4.78, 5) is 14.4. The standard InChI is InChI=1S/C8H5ClN2O/c9-8-2-1-6(5-11-8)3-7(12)4-10/h1-2,5H,3H2. The molecule has 0 spiro atoms. The van der Waals surface area contributed by atoms with Crippen LogP contribution < -0.4 is 0 Å². The molecule has 0 saturated carbocycles. The topological polar surface area (TPSA) is 53.8 Å². The molecule has 0 bridgehead atoms. The van der Waals surface area contributed by atoms with Crippen LogP contribution in [0.3, 0.4) is 0 Å². The van der Waals surface area contributed by atoms with Gasteiger partial charge in [0, 0.05) is 12.6 Å². The van der Waals surface area contributed by atoms with E-state index < -0.39 is 5.78 Å². The highest BCUT2D eigenvalue weighted by Gasteiger charge is 2.01. The molecule has 0 saturated heterocycles. The molecule has 3 nitrogen and oxygen atoms in total. The Bertz CT molecular complexity index is 326. The first kappa shape index (κ1) is 8.69. The number of Topliss-reactive ketones (excluding diaryl/α,β-unsaturated/α-hetero) is 1. The number of nitrogens with zero attached hydrogens (tertiary/aromatic N) is 2. The molecular formula is C8H5ClN2O. The number of halogens is 1. The molecule has 0 aliphatic rings. The van der Waals surface area contributed by atoms with Gasteiger partial charge in [0.25, 0.3) is 0 Å². The summed E-state index contributed by atoms with van der Waals surface area (Å²) in [6.45, 7) is 0. The van der Waals surface area contributed by atoms with Crippen molar-refractivity contribution in [3.8, 4) is 6.07 Å². The Morgan fingerprint density at radius 2 is 2.42 bits per heavy atom. The fourth-order valence-corrected chi connectivity index (χ4v) is 0.848. The Balaban J connectivity index is 2.73. The van der Waals surface area contributed by atoms with E-state index in [9.17, 15) is 4.79 Å². The Morgan fingerprint density at radius 3 is 2.92 bits per heavy atom. The number of aromatic nitrogens is 1. The van der Waals surface area contributed by atoms with Gasteiger partial charge in [-0.1, -0.05) is 17.7 Å². The van der Waals surface area contributed by atoms with Gasteiger partial charge in [0.1, 0.15) is 11.2 Å². The number of carbonyl (C=O) groups is 1. The molecule has 0 aliphatic carbocycles. The van der Waals surface area contributed by atoms with Crippen molar-refractivity contribution in [2.24, 2.45) is 0 Å². The molecule has 12 heavy (non-hydrogen) atoms. The van der Waals surface area contributed by atoms with E-state index in [2.05, 4.69) is 4.98 Å². The van der Waals surface area contributed by atoms with E-state index >= 15 is 0 Å². The van der Waals surface area contributed by atoms with Crippen LogP contribution in [0.4, 0.5) is 0 Å². The summed E-state index contributed by atoms with van der Waals surface area (Å²) < 4.78 is 0. The first-order chi connectivity index (χ1) is 5.72. The van der Waals surface area contributed by atoms with Crippen LogP contribution in [-0.4, -0.2) is 10.8 Å². The lowest BCUT2D eigenvalue weighted by Crippen LogP contribution is -1.98. The van der Waals surface area contributed by atoms with Crippen LogP contribution in [0, 0.1) is 11.3 Å². The molecule has 0 aliphatic heterocycles. The summed E-state index contributed by atoms with van der Waals surface area (Å²) in [6, 6.07) is 4.78. The van der Waals surface area contributed by atoms with Crippen molar-refractivity contribution >= 4 is 17.4 Å². The van der Waals surface area contributed by atoms with Crippen LogP contribution in [0.25, 0.3) is 0 Å². The number of hydrogen-bond acceptors (Lipinski definition) is 3. The molecule has 4 heteroatoms. The second-order valence-electron chi connectivity index (χ2n) is 2.20. The summed E-state index contributed by atoms with van der Waals surface area (Å²) in [5.41, 5.74) is 0.700. The third-order valence-electron chi connectivity index (χ3n) is 1.28. The monoisotopic (exact) mass is 180 g/mol. The highest BCUT2D eigenvalue weighted by atomic mass is 35.5. The Labute approximate surface area is 74.6 Å². The number of nitriles is 1. The van der Waals surface area contributed by atoms with Gasteiger partial charge < -0.3 is 0 Å². The van der Waals surface area contributed by atoms with Gasteiger partial charge in [-0.05, 0) is 11.6 Å². The van der Waals surface area contributed by atoms with Gasteiger partial charge in [-0.3, -0.25) is 4.79 Å². The van der Waals surface area contributed by atoms with Gasteiger partial charge in [0.2, 0.25) is 5.78 Å². The van der Waals surface area contributed by atoms with Gasteiger partial charge in [0.15, 0.2) is 0 Å². The minimum atomic E-state index is -0.473. The number of hydrogen-bond donors (Lipinski definition) is 0. The van der Waals surface area contributed by atoms with Crippen molar-refractivity contribution in [1.82, 2.24) is 4.98 Å². The van der Waals surface area contributed by atoms with Crippen molar-refractivity contribution in [1.29, 1.82) is 5.26 Å². The normalized spacial score (nSPS) is 9.00. The molecule has 1 heterocycles. The van der Waals surface area contributed by atoms with Crippen molar-refractivity contribution in [3.05, 3.63) is 29.0 Å². The molecule has 0 amide bonds. The molecule has 0 N–H and O–H groups in total. The number of ketones is 1. The summed E-state index contributed by atoms with van der Waals surface area (Å²) >= 11 is 5.52. The van der Waals surface area contributed by atoms with Crippen LogP contribution in [0.1, 0.15) is 5.56 Å². The maximum Gasteiger partial charge on any atom is 0.236 e. The molecular weight excluding hydrogens is 176 g/mol. The van der Waals surface area contributed by atoms with Gasteiger partial charge >= 0.3 is 0 Å². The van der Waals surface area contributed by atoms with Crippen LogP contribution in [0.2, 0.25) is 5.15 Å². The third-order valence-corrected chi connectivity index (χ3v) is 1.50. The molecule has 0 unspecified atom stereocenters. The van der Waals surface area contributed by atoms with Crippen LogP contribution in [0.5, 0.6) is 0 Å². The first-order valence-corrected chi connectivity index (χ1v) is 3.63. The molecule has 1 aromatic rings. The van der Waals surface area contributed by atoms with Crippen molar-refractivity contribution in [2.45, 2.75) is 6.42 Å². The maximum atomic E-state index is 10.6. The number of pyridine rings is 1. The van der Waals surface area contributed by atoms with Crippen LogP contribution >= 0.6 is 11.6 Å². The smallest absolute Gasteiger partial charge is 0.236 e. The average Bonchev–Trinajstić information content (AvgIpc) is 2.09. The molecule has 0 radical (unpaired) electrons. The molecule has 1 aromatic heterocycles. The SMILES string of the molecule is N#CC(=O)Cc1ccc(Cl)nc1. The summed E-state index contributed by atoms with van der Waals surface area (Å²) in [5.74, 6) is -0.473. The lowest BCUT2D eigenvalue weighted by atomic mass is 10.1. The van der Waals surface area contributed by atoms with E-state index in [1.165, 1.54) is 12.3 Å². The van der Waals surface area contributed by atoms with E-state index in [-0.39, 0.29) is 6.42 Å². The highest BCUT2D eigenvalue weighted by Crippen LogP contribution is 2.05. The van der Waals surface area contributed by atoms with E-state index in [0.29, 0.717) is 10.7 Å². The fourth-order valence-electron chi connectivity index (χ4n) is 0.736. The summed E-state index contributed by atoms with van der Waals surface area (Å²) in [6.07, 6.45) is 1.58. The quantitative estimate of drug-likeness (QED) is 0.510. The van der Waals surface area contributed by atoms with E-state index in [1.807, 2.05) is 0 Å². The Hall–Kier alpha value is -1.40. The number of rotatable bonds is 2. The van der Waals surface area contributed by atoms with Crippen molar-refractivity contribution < 1.29 is 4.79 Å². The Kier molecular flexibility index (Phi) is 2.78. The fraction of sp³-hybridized carbons (Fsp3) is 0.125. The Morgan fingerprint density at radius 1 is 1.67 bits per heavy atom. The number of carbonyl (C=O) groups excluding carboxylic acids is 1. The van der Waals surface area contributed by atoms with E-state index in [4.69, 9.17) is 16.9 Å². The minimum Gasteiger partial charge on any atom is -0.282 e. The zero-order chi connectivity index (χ0) is 8.97. The maximum absolute atomic E-state index is 10.6. The highest BCUT2D eigenvalue weighted by molar-refractivity contribution is 6.29. The van der Waals surface area contributed by atoms with Gasteiger partial charge in [-0.2, -0.15) is 5.26 Å². The van der Waals surface area contributed by atoms with Gasteiger partial charge in [-0.15, -0.1) is 0 Å². The first-order valence-electron chi connectivity index (χ1n) is 3.25. The second kappa shape index (κ2) is 3.84. The molecule has 0 aromatic carbocycles. The van der Waals surface area contributed by atoms with Crippen LogP contribution in [0.15, 0.2) is 18.3 Å². The largest absolute Gasteiger partial charge is 0.282 e. The van der Waals surface area contributed by atoms with Crippen molar-refractivity contribution in [3.63, 3.8) is 0 Å². The zero-order valence-electron chi connectivity index (χ0n) is 6.12. The van der Waals surface area contributed by atoms with Gasteiger partial charge in [-0.25, -0.2) is 4.98 Å². The van der Waals surface area contributed by atoms with E-state index in [1.54, 1.807) is 12.1 Å². The summed E-state index contributed by atoms with van der Waals surface area (Å²) in [7, 11) is 0. The molecule has 60 valence electrons. The minimum absolute atomic E-state index is 0.0979. The van der Waals surface area contributed by atoms with Crippen LogP contribution in [-0.2, 0) is 11.2 Å². The predicted molar refractivity (Wildman–Crippen MR) is 43.6 cm³/mol. The lowest BCUT2D eigenvalue weighted by molar-refractivity contribution is -0.113. The van der Waals surface area contributed by atoms with Crippen molar-refractivity contribution in [2.75, 3.05) is 0 Å². The predicted octanol–water partition coefficient (Wildman–Crippen LogP) is 1.37. The molecule has 1 rings (SSSR count). The average molecular weight is 181 g/mol. The van der Waals surface area contributed by atoms with E-state index in [0.717, 1.165) is 0 Å². The zero-order valence-corrected chi connectivity index (χ0v) is 6.88. The molecule has 0 fully saturated rings.